The van der Waals surface area contributed by atoms with Gasteiger partial charge in [0.1, 0.15) is 5.60 Å². The molecule has 0 unspecified atom stereocenters. The molecular weight excluding hydrogens is 298 g/mol. The molecule has 0 aliphatic carbocycles. The van der Waals surface area contributed by atoms with Crippen molar-refractivity contribution in [3.8, 4) is 11.8 Å². The second-order valence-electron chi connectivity index (χ2n) is 7.26. The maximum absolute atomic E-state index is 12.2. The summed E-state index contributed by atoms with van der Waals surface area (Å²) in [5, 5.41) is 0. The van der Waals surface area contributed by atoms with Gasteiger partial charge in [-0.2, -0.15) is 0 Å². The van der Waals surface area contributed by atoms with Crippen molar-refractivity contribution < 1.29 is 9.53 Å². The first-order chi connectivity index (χ1) is 11.4. The predicted molar refractivity (Wildman–Crippen MR) is 101 cm³/mol. The zero-order valence-electron chi connectivity index (χ0n) is 15.8. The van der Waals surface area contributed by atoms with Crippen LogP contribution in [0.4, 0.5) is 4.79 Å². The van der Waals surface area contributed by atoms with Gasteiger partial charge in [0.05, 0.1) is 0 Å². The Labute approximate surface area is 148 Å². The van der Waals surface area contributed by atoms with E-state index in [-0.39, 0.29) is 12.1 Å². The van der Waals surface area contributed by atoms with E-state index in [1.807, 2.05) is 37.8 Å². The van der Waals surface area contributed by atoms with Crippen molar-refractivity contribution in [3.05, 3.63) is 24.3 Å². The fourth-order valence-corrected chi connectivity index (χ4v) is 2.67. The van der Waals surface area contributed by atoms with E-state index in [4.69, 9.17) is 4.74 Å². The van der Waals surface area contributed by atoms with Crippen LogP contribution in [0.1, 0.15) is 72.6 Å². The minimum absolute atomic E-state index is 0.185. The highest BCUT2D eigenvalue weighted by Crippen LogP contribution is 2.23. The zero-order valence-corrected chi connectivity index (χ0v) is 15.8. The van der Waals surface area contributed by atoms with Gasteiger partial charge in [-0.05, 0) is 52.5 Å². The maximum atomic E-state index is 12.2. The fraction of sp³-hybridized carbons (Fsp3) is 0.667. The highest BCUT2D eigenvalue weighted by atomic mass is 16.6. The Kier molecular flexibility index (Phi) is 9.30. The third kappa shape index (κ3) is 8.82. The van der Waals surface area contributed by atoms with E-state index < -0.39 is 5.60 Å². The van der Waals surface area contributed by atoms with E-state index in [0.717, 1.165) is 38.6 Å². The molecule has 3 heteroatoms. The SMILES string of the molecule is CCCC/C=C/C=C/C#CCC[C@H]1CCCN1C(=O)OC(C)(C)C. The topological polar surface area (TPSA) is 29.5 Å². The van der Waals surface area contributed by atoms with Crippen LogP contribution in [0.5, 0.6) is 0 Å². The highest BCUT2D eigenvalue weighted by Gasteiger charge is 2.31. The number of carbonyl (C=O) groups is 1. The van der Waals surface area contributed by atoms with Gasteiger partial charge < -0.3 is 9.64 Å². The summed E-state index contributed by atoms with van der Waals surface area (Å²) in [6.07, 6.45) is 15.4. The largest absolute Gasteiger partial charge is 0.444 e. The first kappa shape index (κ1) is 20.4. The number of hydrogen-bond donors (Lipinski definition) is 0. The van der Waals surface area contributed by atoms with Gasteiger partial charge in [0, 0.05) is 19.0 Å². The Bertz CT molecular complexity index is 488. The van der Waals surface area contributed by atoms with Crippen molar-refractivity contribution in [2.45, 2.75) is 84.3 Å². The lowest BCUT2D eigenvalue weighted by Gasteiger charge is -2.28. The van der Waals surface area contributed by atoms with Gasteiger partial charge in [0.25, 0.3) is 0 Å². The Morgan fingerprint density at radius 1 is 1.33 bits per heavy atom. The van der Waals surface area contributed by atoms with Crippen molar-refractivity contribution in [1.29, 1.82) is 0 Å². The van der Waals surface area contributed by atoms with Gasteiger partial charge in [-0.15, -0.1) is 0 Å². The minimum atomic E-state index is -0.431. The van der Waals surface area contributed by atoms with Gasteiger partial charge in [-0.3, -0.25) is 0 Å². The average molecular weight is 332 g/mol. The summed E-state index contributed by atoms with van der Waals surface area (Å²) in [5.74, 6) is 6.24. The Morgan fingerprint density at radius 3 is 2.83 bits per heavy atom. The second kappa shape index (κ2) is 11.0. The van der Waals surface area contributed by atoms with Crippen LogP contribution < -0.4 is 0 Å². The molecule has 1 saturated heterocycles. The number of allylic oxidation sites excluding steroid dienone is 4. The van der Waals surface area contributed by atoms with Crippen LogP contribution in [0.25, 0.3) is 0 Å². The molecule has 0 aromatic heterocycles. The lowest BCUT2D eigenvalue weighted by molar-refractivity contribution is 0.0221. The Morgan fingerprint density at radius 2 is 2.12 bits per heavy atom. The van der Waals surface area contributed by atoms with Crippen LogP contribution in [0.15, 0.2) is 24.3 Å². The third-order valence-corrected chi connectivity index (χ3v) is 3.86. The molecule has 0 spiro atoms. The van der Waals surface area contributed by atoms with Crippen LogP contribution in [-0.4, -0.2) is 29.2 Å². The number of carbonyl (C=O) groups excluding carboxylic acids is 1. The van der Waals surface area contributed by atoms with Crippen molar-refractivity contribution in [3.63, 3.8) is 0 Å². The number of hydrogen-bond acceptors (Lipinski definition) is 2. The molecule has 1 atom stereocenters. The third-order valence-electron chi connectivity index (χ3n) is 3.86. The molecule has 1 amide bonds. The number of nitrogens with zero attached hydrogens (tertiary/aromatic N) is 1. The molecule has 0 aromatic carbocycles. The van der Waals surface area contributed by atoms with E-state index in [9.17, 15) is 4.79 Å². The molecule has 1 rings (SSSR count). The fourth-order valence-electron chi connectivity index (χ4n) is 2.67. The van der Waals surface area contributed by atoms with E-state index in [2.05, 4.69) is 30.9 Å². The zero-order chi connectivity index (χ0) is 17.8. The van der Waals surface area contributed by atoms with Crippen LogP contribution in [-0.2, 0) is 4.74 Å². The van der Waals surface area contributed by atoms with E-state index >= 15 is 0 Å². The summed E-state index contributed by atoms with van der Waals surface area (Å²) in [6, 6.07) is 0.270. The summed E-state index contributed by atoms with van der Waals surface area (Å²) in [6.45, 7) is 8.72. The normalized spacial score (nSPS) is 18.2. The van der Waals surface area contributed by atoms with Crippen molar-refractivity contribution in [1.82, 2.24) is 4.90 Å². The molecular formula is C21H33NO2. The molecule has 1 aliphatic heterocycles. The molecule has 0 bridgehead atoms. The van der Waals surface area contributed by atoms with Crippen molar-refractivity contribution >= 4 is 6.09 Å². The van der Waals surface area contributed by atoms with Gasteiger partial charge in [0.15, 0.2) is 0 Å². The number of likely N-dealkylation sites (tertiary alicyclic amines) is 1. The van der Waals surface area contributed by atoms with Gasteiger partial charge in [0.2, 0.25) is 0 Å². The Hall–Kier alpha value is -1.69. The van der Waals surface area contributed by atoms with E-state index in [1.165, 1.54) is 12.8 Å². The number of unbranched alkanes of at least 4 members (excludes halogenated alkanes) is 2. The smallest absolute Gasteiger partial charge is 0.410 e. The van der Waals surface area contributed by atoms with Crippen LogP contribution in [0, 0.1) is 11.8 Å². The molecule has 3 nitrogen and oxygen atoms in total. The number of ether oxygens (including phenoxy) is 1. The Balaban J connectivity index is 2.31. The second-order valence-corrected chi connectivity index (χ2v) is 7.26. The van der Waals surface area contributed by atoms with Gasteiger partial charge >= 0.3 is 6.09 Å². The standard InChI is InChI=1S/C21H33NO2/c1-5-6-7-8-9-10-11-12-13-14-16-19-17-15-18-22(19)20(23)24-21(2,3)4/h8-11,19H,5-7,14-18H2,1-4H3/b9-8+,11-10+/t19-/m0/s1. The minimum Gasteiger partial charge on any atom is -0.444 e. The first-order valence-corrected chi connectivity index (χ1v) is 9.23. The molecule has 1 fully saturated rings. The van der Waals surface area contributed by atoms with E-state index in [0.29, 0.717) is 0 Å². The lowest BCUT2D eigenvalue weighted by atomic mass is 10.1. The molecule has 1 aliphatic rings. The first-order valence-electron chi connectivity index (χ1n) is 9.23. The molecule has 24 heavy (non-hydrogen) atoms. The number of amides is 1. The molecule has 0 saturated carbocycles. The molecule has 0 radical (unpaired) electrons. The van der Waals surface area contributed by atoms with Crippen LogP contribution in [0.2, 0.25) is 0 Å². The number of rotatable bonds is 6. The van der Waals surface area contributed by atoms with E-state index in [1.54, 1.807) is 0 Å². The van der Waals surface area contributed by atoms with Gasteiger partial charge in [-0.1, -0.05) is 49.8 Å². The predicted octanol–water partition coefficient (Wildman–Crippen LogP) is 5.47. The summed E-state index contributed by atoms with van der Waals surface area (Å²) in [4.78, 5) is 14.1. The van der Waals surface area contributed by atoms with Crippen LogP contribution in [0.3, 0.4) is 0 Å². The quantitative estimate of drug-likeness (QED) is 0.367. The average Bonchev–Trinajstić information content (AvgIpc) is 2.96. The van der Waals surface area contributed by atoms with Crippen LogP contribution >= 0.6 is 0 Å². The summed E-state index contributed by atoms with van der Waals surface area (Å²) < 4.78 is 5.48. The summed E-state index contributed by atoms with van der Waals surface area (Å²) in [7, 11) is 0. The lowest BCUT2D eigenvalue weighted by Crippen LogP contribution is -2.39. The molecule has 0 aromatic rings. The highest BCUT2D eigenvalue weighted by molar-refractivity contribution is 5.68. The van der Waals surface area contributed by atoms with Crippen molar-refractivity contribution in [2.75, 3.05) is 6.54 Å². The molecule has 1 heterocycles. The van der Waals surface area contributed by atoms with Gasteiger partial charge in [-0.25, -0.2) is 4.79 Å². The monoisotopic (exact) mass is 331 g/mol. The molecule has 134 valence electrons. The molecule has 0 N–H and O–H groups in total. The maximum Gasteiger partial charge on any atom is 0.410 e. The summed E-state index contributed by atoms with van der Waals surface area (Å²) in [5.41, 5.74) is -0.431. The summed E-state index contributed by atoms with van der Waals surface area (Å²) >= 11 is 0. The van der Waals surface area contributed by atoms with Crippen molar-refractivity contribution in [2.24, 2.45) is 0 Å².